The van der Waals surface area contributed by atoms with Gasteiger partial charge in [0.15, 0.2) is 0 Å². The molecule has 0 N–H and O–H groups in total. The summed E-state index contributed by atoms with van der Waals surface area (Å²) in [6.07, 6.45) is 3.58. The van der Waals surface area contributed by atoms with Gasteiger partial charge in [-0.05, 0) is 85.7 Å². The van der Waals surface area contributed by atoms with Crippen LogP contribution in [0.1, 0.15) is 55.5 Å². The molecule has 0 saturated carbocycles. The Morgan fingerprint density at radius 3 is 1.42 bits per heavy atom. The molecule has 0 nitrogen and oxygen atoms in total. The first-order valence-corrected chi connectivity index (χ1v) is 13.9. The van der Waals surface area contributed by atoms with E-state index in [1.165, 1.54) is 34.9 Å². The van der Waals surface area contributed by atoms with E-state index in [0.29, 0.717) is 11.4 Å². The molecule has 0 radical (unpaired) electrons. The zero-order chi connectivity index (χ0) is 28.5. The number of rotatable bonds is 4. The van der Waals surface area contributed by atoms with Crippen LogP contribution in [0.3, 0.4) is 0 Å². The molecule has 0 unspecified atom stereocenters. The summed E-state index contributed by atoms with van der Waals surface area (Å²) >= 11 is 17.2. The first kappa shape index (κ1) is 33.6. The maximum atomic E-state index is 12.6. The summed E-state index contributed by atoms with van der Waals surface area (Å²) in [7, 11) is 0. The lowest BCUT2D eigenvalue weighted by Gasteiger charge is -1.98. The first-order valence-electron chi connectivity index (χ1n) is 12.8. The van der Waals surface area contributed by atoms with Gasteiger partial charge in [0.25, 0.3) is 0 Å². The molecule has 0 fully saturated rings. The molecule has 0 heterocycles. The molecule has 0 atom stereocenters. The van der Waals surface area contributed by atoms with Crippen molar-refractivity contribution in [1.82, 2.24) is 0 Å². The van der Waals surface area contributed by atoms with E-state index in [1.54, 1.807) is 13.0 Å². The highest BCUT2D eigenvalue weighted by molar-refractivity contribution is 6.35. The van der Waals surface area contributed by atoms with E-state index in [1.807, 2.05) is 36.4 Å². The topological polar surface area (TPSA) is 0 Å². The minimum atomic E-state index is -0.456. The second kappa shape index (κ2) is 18.8. The van der Waals surface area contributed by atoms with Gasteiger partial charge in [-0.1, -0.05) is 117 Å². The summed E-state index contributed by atoms with van der Waals surface area (Å²) < 4.78 is 25.2. The standard InChI is InChI=1S/C9H12.C8H8Cl2.C8H9Cl.C8H8F2/c1-3-9-6-4-8(2)5-7-9;1-2-6-3-4-7(9)5-8(6)10;1-2-7-3-5-8(9)6-4-7;1-2-6-7(9)4-3-5-8(6)10/h4-7H,3H2,1-2H3;3-5H,2H2,1H3;3-6H,2H2,1H3;3-5H,2H2,1H3. The minimum Gasteiger partial charge on any atom is -0.207 e. The summed E-state index contributed by atoms with van der Waals surface area (Å²) in [5, 5.41) is 2.27. The molecule has 204 valence electrons. The lowest BCUT2D eigenvalue weighted by molar-refractivity contribution is 0.559. The zero-order valence-electron chi connectivity index (χ0n) is 22.8. The summed E-state index contributed by atoms with van der Waals surface area (Å²) in [6, 6.07) is 26.0. The van der Waals surface area contributed by atoms with Crippen molar-refractivity contribution in [3.05, 3.63) is 139 Å². The van der Waals surface area contributed by atoms with Crippen LogP contribution in [0.5, 0.6) is 0 Å². The summed E-state index contributed by atoms with van der Waals surface area (Å²) in [4.78, 5) is 0. The monoisotopic (exact) mass is 576 g/mol. The Balaban J connectivity index is 0.000000254. The smallest absolute Gasteiger partial charge is 0.129 e. The van der Waals surface area contributed by atoms with E-state index < -0.39 is 11.6 Å². The summed E-state index contributed by atoms with van der Waals surface area (Å²) in [5.74, 6) is -0.912. The third-order valence-corrected chi connectivity index (χ3v) is 6.50. The van der Waals surface area contributed by atoms with Gasteiger partial charge in [-0.25, -0.2) is 8.78 Å². The molecule has 0 bridgehead atoms. The Morgan fingerprint density at radius 1 is 0.553 bits per heavy atom. The fraction of sp³-hybridized carbons (Fsp3) is 0.273. The van der Waals surface area contributed by atoms with Crippen molar-refractivity contribution in [3.8, 4) is 0 Å². The predicted molar refractivity (Wildman–Crippen MR) is 163 cm³/mol. The molecule has 0 aliphatic carbocycles. The average Bonchev–Trinajstić information content (AvgIpc) is 2.91. The van der Waals surface area contributed by atoms with E-state index in [0.717, 1.165) is 34.9 Å². The summed E-state index contributed by atoms with van der Waals surface area (Å²) in [5.41, 5.74) is 5.40. The van der Waals surface area contributed by atoms with Crippen molar-refractivity contribution < 1.29 is 8.78 Å². The molecule has 4 aromatic rings. The highest BCUT2D eigenvalue weighted by atomic mass is 35.5. The number of hydrogen-bond donors (Lipinski definition) is 0. The van der Waals surface area contributed by atoms with E-state index in [9.17, 15) is 8.78 Å². The number of hydrogen-bond acceptors (Lipinski definition) is 0. The van der Waals surface area contributed by atoms with Gasteiger partial charge in [-0.3, -0.25) is 0 Å². The molecule has 0 aliphatic heterocycles. The second-order valence-electron chi connectivity index (χ2n) is 8.46. The van der Waals surface area contributed by atoms with E-state index >= 15 is 0 Å². The van der Waals surface area contributed by atoms with Gasteiger partial charge in [0.1, 0.15) is 11.6 Å². The second-order valence-corrected chi connectivity index (χ2v) is 9.74. The van der Waals surface area contributed by atoms with Gasteiger partial charge in [0.2, 0.25) is 0 Å². The maximum absolute atomic E-state index is 12.6. The Bertz CT molecular complexity index is 1140. The largest absolute Gasteiger partial charge is 0.207 e. The molecule has 4 rings (SSSR count). The lowest BCUT2D eigenvalue weighted by Crippen LogP contribution is -1.91. The van der Waals surface area contributed by atoms with Crippen LogP contribution in [0.2, 0.25) is 15.1 Å². The van der Waals surface area contributed by atoms with Gasteiger partial charge in [0, 0.05) is 20.6 Å². The highest BCUT2D eigenvalue weighted by Gasteiger charge is 2.03. The summed E-state index contributed by atoms with van der Waals surface area (Å²) in [6.45, 7) is 10.2. The number of benzene rings is 4. The van der Waals surface area contributed by atoms with Crippen LogP contribution in [0.4, 0.5) is 8.78 Å². The zero-order valence-corrected chi connectivity index (χ0v) is 25.1. The molecule has 4 aromatic carbocycles. The van der Waals surface area contributed by atoms with E-state index in [2.05, 4.69) is 52.0 Å². The predicted octanol–water partition coefficient (Wildman–Crippen LogP) is 11.5. The molecule has 38 heavy (non-hydrogen) atoms. The highest BCUT2D eigenvalue weighted by Crippen LogP contribution is 2.20. The van der Waals surface area contributed by atoms with Crippen molar-refractivity contribution in [3.63, 3.8) is 0 Å². The first-order chi connectivity index (χ1) is 18.1. The molecular weight excluding hydrogens is 541 g/mol. The third kappa shape index (κ3) is 12.9. The number of halogens is 5. The molecule has 5 heteroatoms. The number of aryl methyl sites for hydroxylation is 4. The van der Waals surface area contributed by atoms with Crippen molar-refractivity contribution in [2.45, 2.75) is 60.3 Å². The molecule has 0 saturated heterocycles. The Kier molecular flexibility index (Phi) is 16.6. The van der Waals surface area contributed by atoms with Crippen LogP contribution in [0.25, 0.3) is 0 Å². The van der Waals surface area contributed by atoms with Crippen LogP contribution in [0, 0.1) is 18.6 Å². The van der Waals surface area contributed by atoms with Crippen molar-refractivity contribution in [2.75, 3.05) is 0 Å². The van der Waals surface area contributed by atoms with Crippen molar-refractivity contribution in [1.29, 1.82) is 0 Å². The normalized spacial score (nSPS) is 9.74. The van der Waals surface area contributed by atoms with Gasteiger partial charge < -0.3 is 0 Å². The Hall–Kier alpha value is -2.39. The minimum absolute atomic E-state index is 0.169. The van der Waals surface area contributed by atoms with E-state index in [-0.39, 0.29) is 5.56 Å². The van der Waals surface area contributed by atoms with E-state index in [4.69, 9.17) is 34.8 Å². The van der Waals surface area contributed by atoms with Gasteiger partial charge >= 0.3 is 0 Å². The van der Waals surface area contributed by atoms with Crippen LogP contribution < -0.4 is 0 Å². The maximum Gasteiger partial charge on any atom is 0.129 e. The molecule has 0 amide bonds. The fourth-order valence-corrected chi connectivity index (χ4v) is 3.89. The van der Waals surface area contributed by atoms with Gasteiger partial charge in [-0.15, -0.1) is 0 Å². The van der Waals surface area contributed by atoms with Crippen molar-refractivity contribution in [2.24, 2.45) is 0 Å². The SMILES string of the molecule is CCc1c(F)cccc1F.CCc1ccc(C)cc1.CCc1ccc(Cl)cc1.CCc1ccc(Cl)cc1Cl. The quantitative estimate of drug-likeness (QED) is 0.226. The Labute approximate surface area is 242 Å². The molecule has 0 aliphatic rings. The molecule has 0 spiro atoms. The lowest BCUT2D eigenvalue weighted by atomic mass is 10.1. The fourth-order valence-electron chi connectivity index (χ4n) is 3.22. The Morgan fingerprint density at radius 2 is 1.03 bits per heavy atom. The van der Waals surface area contributed by atoms with Gasteiger partial charge in [0.05, 0.1) is 0 Å². The van der Waals surface area contributed by atoms with Gasteiger partial charge in [-0.2, -0.15) is 0 Å². The van der Waals surface area contributed by atoms with Crippen LogP contribution in [0.15, 0.2) is 84.9 Å². The van der Waals surface area contributed by atoms with Crippen LogP contribution in [-0.4, -0.2) is 0 Å². The van der Waals surface area contributed by atoms with Crippen LogP contribution in [-0.2, 0) is 25.7 Å². The van der Waals surface area contributed by atoms with Crippen molar-refractivity contribution >= 4 is 34.8 Å². The van der Waals surface area contributed by atoms with Crippen LogP contribution >= 0.6 is 34.8 Å². The molecule has 0 aromatic heterocycles. The molecular formula is C33H37Cl3F2. The third-order valence-electron chi connectivity index (χ3n) is 5.66. The average molecular weight is 578 g/mol.